The molecule has 0 amide bonds. The molecule has 0 bridgehead atoms. The molecule has 134 valence electrons. The number of hydrogen-bond donors (Lipinski definition) is 2. The Kier molecular flexibility index (Phi) is 4.17. The minimum absolute atomic E-state index is 0.0630. The zero-order valence-corrected chi connectivity index (χ0v) is 15.2. The molecule has 0 saturated heterocycles. The van der Waals surface area contributed by atoms with E-state index in [9.17, 15) is 4.79 Å². The number of hydrogen-bond acceptors (Lipinski definition) is 4. The van der Waals surface area contributed by atoms with E-state index >= 15 is 0 Å². The quantitative estimate of drug-likeness (QED) is 0.762. The van der Waals surface area contributed by atoms with Gasteiger partial charge >= 0.3 is 0 Å². The summed E-state index contributed by atoms with van der Waals surface area (Å²) < 4.78 is 10.9. The lowest BCUT2D eigenvalue weighted by molar-refractivity contribution is 0.353. The number of fused-ring (bicyclic) bond motifs is 2. The highest BCUT2D eigenvalue weighted by Gasteiger charge is 2.26. The third kappa shape index (κ3) is 2.65. The van der Waals surface area contributed by atoms with Crippen LogP contribution in [-0.2, 0) is 6.42 Å². The molecule has 1 aliphatic rings. The summed E-state index contributed by atoms with van der Waals surface area (Å²) in [4.78, 5) is 15.9. The lowest BCUT2D eigenvalue weighted by Crippen LogP contribution is -2.34. The fraction of sp³-hybridized carbons (Fsp3) is 0.286. The molecular weight excluding hydrogens is 328 g/mol. The number of aromatic nitrogens is 1. The summed E-state index contributed by atoms with van der Waals surface area (Å²) in [5, 5.41) is 4.52. The van der Waals surface area contributed by atoms with Crippen LogP contribution in [0.25, 0.3) is 10.9 Å². The zero-order valence-electron chi connectivity index (χ0n) is 15.2. The molecule has 5 nitrogen and oxygen atoms in total. The molecule has 0 radical (unpaired) electrons. The third-order valence-corrected chi connectivity index (χ3v) is 5.13. The van der Waals surface area contributed by atoms with Crippen LogP contribution in [0.15, 0.2) is 41.2 Å². The van der Waals surface area contributed by atoms with Gasteiger partial charge in [0.05, 0.1) is 25.8 Å². The summed E-state index contributed by atoms with van der Waals surface area (Å²) in [5.41, 5.74) is 4.85. The number of aromatic amines is 1. The summed E-state index contributed by atoms with van der Waals surface area (Å²) in [6.45, 7) is 2.81. The first-order valence-corrected chi connectivity index (χ1v) is 8.73. The average Bonchev–Trinajstić information content (AvgIpc) is 2.66. The molecule has 2 heterocycles. The van der Waals surface area contributed by atoms with Crippen molar-refractivity contribution in [3.05, 3.63) is 69.0 Å². The number of para-hydroxylation sites is 1. The van der Waals surface area contributed by atoms with Crippen LogP contribution in [0.5, 0.6) is 11.5 Å². The summed E-state index contributed by atoms with van der Waals surface area (Å²) in [5.74, 6) is 1.39. The number of aryl methyl sites for hydroxylation is 1. The number of H-pyrrole nitrogens is 1. The highest BCUT2D eigenvalue weighted by molar-refractivity contribution is 5.82. The Labute approximate surface area is 152 Å². The van der Waals surface area contributed by atoms with E-state index in [1.807, 2.05) is 43.3 Å². The molecule has 0 saturated carbocycles. The molecule has 3 aromatic rings. The second-order valence-electron chi connectivity index (χ2n) is 6.64. The molecule has 2 aromatic carbocycles. The Bertz CT molecular complexity index is 1040. The van der Waals surface area contributed by atoms with Gasteiger partial charge in [-0.15, -0.1) is 0 Å². The lowest BCUT2D eigenvalue weighted by Gasteiger charge is -2.28. The van der Waals surface area contributed by atoms with Gasteiger partial charge in [0.1, 0.15) is 0 Å². The maximum absolute atomic E-state index is 12.8. The standard InChI is InChI=1S/C21H22N2O3/c1-12-5-4-6-14-9-16(21(24)23-19(12)14)20-15-11-18(26-3)17(25-2)10-13(15)7-8-22-20/h4-6,9-11,20,22H,7-8H2,1-3H3,(H,23,24)/t20-/m1/s1. The fourth-order valence-electron chi connectivity index (χ4n) is 3.78. The van der Waals surface area contributed by atoms with Gasteiger partial charge in [-0.25, -0.2) is 0 Å². The maximum atomic E-state index is 12.8. The Morgan fingerprint density at radius 1 is 1.04 bits per heavy atom. The Hall–Kier alpha value is -2.79. The highest BCUT2D eigenvalue weighted by Crippen LogP contribution is 2.37. The van der Waals surface area contributed by atoms with E-state index in [0.717, 1.165) is 46.3 Å². The topological polar surface area (TPSA) is 63.4 Å². The van der Waals surface area contributed by atoms with E-state index in [-0.39, 0.29) is 11.6 Å². The number of rotatable bonds is 3. The largest absolute Gasteiger partial charge is 0.493 e. The van der Waals surface area contributed by atoms with E-state index in [4.69, 9.17) is 9.47 Å². The molecule has 0 unspecified atom stereocenters. The van der Waals surface area contributed by atoms with Crippen molar-refractivity contribution in [2.45, 2.75) is 19.4 Å². The minimum Gasteiger partial charge on any atom is -0.493 e. The van der Waals surface area contributed by atoms with Crippen molar-refractivity contribution < 1.29 is 9.47 Å². The van der Waals surface area contributed by atoms with Gasteiger partial charge in [0.2, 0.25) is 0 Å². The second-order valence-corrected chi connectivity index (χ2v) is 6.64. The van der Waals surface area contributed by atoms with Gasteiger partial charge in [0.25, 0.3) is 5.56 Å². The predicted molar refractivity (Wildman–Crippen MR) is 102 cm³/mol. The van der Waals surface area contributed by atoms with Crippen molar-refractivity contribution in [2.75, 3.05) is 20.8 Å². The summed E-state index contributed by atoms with van der Waals surface area (Å²) in [7, 11) is 3.26. The average molecular weight is 350 g/mol. The van der Waals surface area contributed by atoms with Crippen LogP contribution in [0.1, 0.15) is 28.3 Å². The summed E-state index contributed by atoms with van der Waals surface area (Å²) in [6, 6.07) is 11.9. The van der Waals surface area contributed by atoms with Crippen LogP contribution in [0, 0.1) is 6.92 Å². The predicted octanol–water partition coefficient (Wildman–Crippen LogP) is 3.09. The van der Waals surface area contributed by atoms with Crippen molar-refractivity contribution in [3.8, 4) is 11.5 Å². The SMILES string of the molecule is COc1cc2c(cc1OC)[C@H](c1cc3cccc(C)c3[nH]c1=O)NCC2. The van der Waals surface area contributed by atoms with Crippen LogP contribution >= 0.6 is 0 Å². The van der Waals surface area contributed by atoms with Crippen molar-refractivity contribution in [3.63, 3.8) is 0 Å². The van der Waals surface area contributed by atoms with Crippen LogP contribution < -0.4 is 20.3 Å². The molecule has 2 N–H and O–H groups in total. The molecule has 5 heteroatoms. The van der Waals surface area contributed by atoms with Crippen LogP contribution in [0.2, 0.25) is 0 Å². The molecule has 1 atom stereocenters. The van der Waals surface area contributed by atoms with Gasteiger partial charge in [-0.2, -0.15) is 0 Å². The highest BCUT2D eigenvalue weighted by atomic mass is 16.5. The Morgan fingerprint density at radius 2 is 1.81 bits per heavy atom. The third-order valence-electron chi connectivity index (χ3n) is 5.13. The second kappa shape index (κ2) is 6.50. The van der Waals surface area contributed by atoms with Gasteiger partial charge in [-0.1, -0.05) is 18.2 Å². The minimum atomic E-state index is -0.174. The number of ether oxygens (including phenoxy) is 2. The van der Waals surface area contributed by atoms with Crippen LogP contribution in [0.4, 0.5) is 0 Å². The molecule has 0 fully saturated rings. The van der Waals surface area contributed by atoms with E-state index in [2.05, 4.69) is 10.3 Å². The Morgan fingerprint density at radius 3 is 2.58 bits per heavy atom. The van der Waals surface area contributed by atoms with Crippen LogP contribution in [-0.4, -0.2) is 25.7 Å². The molecule has 0 aliphatic carbocycles. The number of pyridine rings is 1. The van der Waals surface area contributed by atoms with E-state index < -0.39 is 0 Å². The lowest BCUT2D eigenvalue weighted by atomic mass is 9.89. The number of methoxy groups -OCH3 is 2. The normalized spacial score (nSPS) is 16.3. The molecule has 26 heavy (non-hydrogen) atoms. The van der Waals surface area contributed by atoms with E-state index in [1.54, 1.807) is 14.2 Å². The first-order valence-electron chi connectivity index (χ1n) is 8.73. The van der Waals surface area contributed by atoms with Crippen molar-refractivity contribution >= 4 is 10.9 Å². The zero-order chi connectivity index (χ0) is 18.3. The van der Waals surface area contributed by atoms with Gasteiger partial charge in [-0.05, 0) is 53.6 Å². The summed E-state index contributed by atoms with van der Waals surface area (Å²) in [6.07, 6.45) is 0.886. The first-order chi connectivity index (χ1) is 12.6. The number of nitrogens with one attached hydrogen (secondary N) is 2. The number of benzene rings is 2. The smallest absolute Gasteiger partial charge is 0.253 e. The summed E-state index contributed by atoms with van der Waals surface area (Å²) >= 11 is 0. The van der Waals surface area contributed by atoms with Crippen molar-refractivity contribution in [2.24, 2.45) is 0 Å². The van der Waals surface area contributed by atoms with Gasteiger partial charge in [0, 0.05) is 12.1 Å². The van der Waals surface area contributed by atoms with Gasteiger partial charge in [0.15, 0.2) is 11.5 Å². The van der Waals surface area contributed by atoms with Gasteiger partial charge in [-0.3, -0.25) is 4.79 Å². The Balaban J connectivity index is 1.89. The van der Waals surface area contributed by atoms with Crippen LogP contribution in [0.3, 0.4) is 0 Å². The van der Waals surface area contributed by atoms with E-state index in [0.29, 0.717) is 5.75 Å². The van der Waals surface area contributed by atoms with Crippen molar-refractivity contribution in [1.82, 2.24) is 10.3 Å². The molecule has 1 aliphatic heterocycles. The fourth-order valence-corrected chi connectivity index (χ4v) is 3.78. The van der Waals surface area contributed by atoms with Crippen molar-refractivity contribution in [1.29, 1.82) is 0 Å². The first kappa shape index (κ1) is 16.7. The molecule has 1 aromatic heterocycles. The molecule has 0 spiro atoms. The maximum Gasteiger partial charge on any atom is 0.253 e. The van der Waals surface area contributed by atoms with Gasteiger partial charge < -0.3 is 19.8 Å². The molecular formula is C21H22N2O3. The molecule has 4 rings (SSSR count). The monoisotopic (exact) mass is 350 g/mol. The van der Waals surface area contributed by atoms with E-state index in [1.165, 1.54) is 5.56 Å².